The van der Waals surface area contributed by atoms with E-state index < -0.39 is 17.3 Å². The first kappa shape index (κ1) is 12.2. The number of carbonyl (C=O) groups is 2. The van der Waals surface area contributed by atoms with Crippen molar-refractivity contribution < 1.29 is 24.9 Å². The van der Waals surface area contributed by atoms with Crippen molar-refractivity contribution in [1.29, 1.82) is 0 Å². The monoisotopic (exact) mass is 248 g/mol. The third-order valence-corrected chi connectivity index (χ3v) is 3.12. The molecule has 1 aliphatic rings. The van der Waals surface area contributed by atoms with Crippen molar-refractivity contribution in [2.75, 3.05) is 0 Å². The molecule has 2 rings (SSSR count). The normalized spacial score (nSPS) is 15.0. The van der Waals surface area contributed by atoms with Crippen LogP contribution in [0.25, 0.3) is 5.76 Å². The summed E-state index contributed by atoms with van der Waals surface area (Å²) in [5.74, 6) is -2.70. The Hall–Kier alpha value is -2.30. The van der Waals surface area contributed by atoms with Gasteiger partial charge in [0.1, 0.15) is 17.3 Å². The van der Waals surface area contributed by atoms with E-state index in [1.54, 1.807) is 6.92 Å². The number of aliphatic hydroxyl groups is 1. The number of aromatic hydroxyl groups is 2. The highest BCUT2D eigenvalue weighted by Crippen LogP contribution is 2.40. The van der Waals surface area contributed by atoms with Crippen LogP contribution in [0.4, 0.5) is 0 Å². The van der Waals surface area contributed by atoms with Gasteiger partial charge in [-0.15, -0.1) is 0 Å². The van der Waals surface area contributed by atoms with Crippen LogP contribution in [-0.2, 0) is 11.2 Å². The zero-order valence-corrected chi connectivity index (χ0v) is 9.94. The predicted octanol–water partition coefficient (Wildman–Crippen LogP) is 1.71. The molecule has 1 aromatic rings. The van der Waals surface area contributed by atoms with Gasteiger partial charge in [-0.3, -0.25) is 9.59 Å². The minimum Gasteiger partial charge on any atom is -0.508 e. The molecule has 0 saturated heterocycles. The van der Waals surface area contributed by atoms with Gasteiger partial charge in [0.15, 0.2) is 0 Å². The maximum absolute atomic E-state index is 11.8. The standard InChI is InChI=1S/C13H12O5/c1-3-6-8(14)4-7-9(12(6)17)10(15)5(2)11(16)13(7)18/h4,14-15,17H,3H2,1-2H3. The number of ketones is 2. The zero-order valence-electron chi connectivity index (χ0n) is 9.94. The van der Waals surface area contributed by atoms with Gasteiger partial charge in [0.25, 0.3) is 0 Å². The summed E-state index contributed by atoms with van der Waals surface area (Å²) in [6.45, 7) is 3.03. The van der Waals surface area contributed by atoms with Gasteiger partial charge in [0.2, 0.25) is 11.6 Å². The van der Waals surface area contributed by atoms with E-state index in [9.17, 15) is 24.9 Å². The van der Waals surface area contributed by atoms with Gasteiger partial charge in [0.05, 0.1) is 5.56 Å². The summed E-state index contributed by atoms with van der Waals surface area (Å²) in [6.07, 6.45) is 0.333. The van der Waals surface area contributed by atoms with E-state index in [1.165, 1.54) is 6.92 Å². The van der Waals surface area contributed by atoms with Gasteiger partial charge in [-0.2, -0.15) is 0 Å². The number of phenolic OH excluding ortho intramolecular Hbond substituents is 2. The second-order valence-corrected chi connectivity index (χ2v) is 4.13. The Labute approximate surface area is 103 Å². The maximum Gasteiger partial charge on any atom is 0.234 e. The molecule has 0 atom stereocenters. The number of hydrogen-bond acceptors (Lipinski definition) is 5. The van der Waals surface area contributed by atoms with Crippen molar-refractivity contribution >= 4 is 17.3 Å². The highest BCUT2D eigenvalue weighted by molar-refractivity contribution is 6.52. The lowest BCUT2D eigenvalue weighted by Crippen LogP contribution is -2.23. The van der Waals surface area contributed by atoms with Crippen molar-refractivity contribution in [2.24, 2.45) is 0 Å². The van der Waals surface area contributed by atoms with E-state index in [2.05, 4.69) is 0 Å². The second-order valence-electron chi connectivity index (χ2n) is 4.13. The van der Waals surface area contributed by atoms with Crippen molar-refractivity contribution in [2.45, 2.75) is 20.3 Å². The van der Waals surface area contributed by atoms with Crippen molar-refractivity contribution in [3.8, 4) is 11.5 Å². The molecular formula is C13H12O5. The number of aliphatic hydroxyl groups excluding tert-OH is 1. The summed E-state index contributed by atoms with van der Waals surface area (Å²) in [4.78, 5) is 23.3. The molecule has 5 nitrogen and oxygen atoms in total. The van der Waals surface area contributed by atoms with E-state index >= 15 is 0 Å². The fourth-order valence-electron chi connectivity index (χ4n) is 2.05. The van der Waals surface area contributed by atoms with E-state index in [1.807, 2.05) is 0 Å². The van der Waals surface area contributed by atoms with Crippen LogP contribution in [0.1, 0.15) is 35.3 Å². The molecule has 0 aliphatic heterocycles. The largest absolute Gasteiger partial charge is 0.508 e. The van der Waals surface area contributed by atoms with Crippen LogP contribution in [0.5, 0.6) is 11.5 Å². The minimum absolute atomic E-state index is 0.0771. The van der Waals surface area contributed by atoms with E-state index in [0.29, 0.717) is 6.42 Å². The molecule has 0 unspecified atom stereocenters. The molecule has 94 valence electrons. The first-order valence-corrected chi connectivity index (χ1v) is 5.47. The Kier molecular flexibility index (Phi) is 2.62. The third-order valence-electron chi connectivity index (χ3n) is 3.12. The molecule has 1 aliphatic carbocycles. The quantitative estimate of drug-likeness (QED) is 0.658. The highest BCUT2D eigenvalue weighted by Gasteiger charge is 2.34. The first-order chi connectivity index (χ1) is 8.40. The zero-order chi connectivity index (χ0) is 13.6. The van der Waals surface area contributed by atoms with Crippen molar-refractivity contribution in [1.82, 2.24) is 0 Å². The predicted molar refractivity (Wildman–Crippen MR) is 63.7 cm³/mol. The molecule has 0 radical (unpaired) electrons. The Bertz CT molecular complexity index is 610. The number of benzene rings is 1. The number of allylic oxidation sites excluding steroid dienone is 1. The topological polar surface area (TPSA) is 94.8 Å². The smallest absolute Gasteiger partial charge is 0.234 e. The van der Waals surface area contributed by atoms with Crippen LogP contribution >= 0.6 is 0 Å². The van der Waals surface area contributed by atoms with Gasteiger partial charge in [0, 0.05) is 16.7 Å². The van der Waals surface area contributed by atoms with Gasteiger partial charge in [-0.05, 0) is 19.4 Å². The maximum atomic E-state index is 11.8. The fourth-order valence-corrected chi connectivity index (χ4v) is 2.05. The number of Topliss-reactive ketones (excluding diaryl/α,β-unsaturated/α-hetero) is 2. The number of fused-ring (bicyclic) bond motifs is 1. The van der Waals surface area contributed by atoms with Crippen LogP contribution in [0.2, 0.25) is 0 Å². The summed E-state index contributed by atoms with van der Waals surface area (Å²) in [5, 5.41) is 29.5. The van der Waals surface area contributed by atoms with Crippen molar-refractivity contribution in [3.05, 3.63) is 28.3 Å². The van der Waals surface area contributed by atoms with Crippen LogP contribution in [-0.4, -0.2) is 26.9 Å². The fraction of sp³-hybridized carbons (Fsp3) is 0.231. The molecular weight excluding hydrogens is 236 g/mol. The average Bonchev–Trinajstić information content (AvgIpc) is 2.33. The lowest BCUT2D eigenvalue weighted by molar-refractivity contribution is -0.111. The number of rotatable bonds is 1. The molecule has 0 heterocycles. The van der Waals surface area contributed by atoms with E-state index in [4.69, 9.17) is 0 Å². The Balaban J connectivity index is 2.89. The molecule has 0 spiro atoms. The first-order valence-electron chi connectivity index (χ1n) is 5.47. The van der Waals surface area contributed by atoms with Crippen LogP contribution in [0.3, 0.4) is 0 Å². The molecule has 0 bridgehead atoms. The van der Waals surface area contributed by atoms with Crippen molar-refractivity contribution in [3.63, 3.8) is 0 Å². The molecule has 1 aromatic carbocycles. The summed E-state index contributed by atoms with van der Waals surface area (Å²) >= 11 is 0. The van der Waals surface area contributed by atoms with Gasteiger partial charge >= 0.3 is 0 Å². The summed E-state index contributed by atoms with van der Waals surface area (Å²) in [7, 11) is 0. The average molecular weight is 248 g/mol. The lowest BCUT2D eigenvalue weighted by Gasteiger charge is -2.19. The molecule has 0 aromatic heterocycles. The summed E-state index contributed by atoms with van der Waals surface area (Å²) in [6, 6.07) is 1.11. The molecule has 18 heavy (non-hydrogen) atoms. The molecule has 3 N–H and O–H groups in total. The van der Waals surface area contributed by atoms with Crippen LogP contribution in [0.15, 0.2) is 11.6 Å². The minimum atomic E-state index is -0.839. The Morgan fingerprint density at radius 3 is 2.28 bits per heavy atom. The van der Waals surface area contributed by atoms with Crippen LogP contribution < -0.4 is 0 Å². The highest BCUT2D eigenvalue weighted by atomic mass is 16.3. The summed E-state index contributed by atoms with van der Waals surface area (Å²) in [5.41, 5.74) is -0.118. The lowest BCUT2D eigenvalue weighted by atomic mass is 9.86. The summed E-state index contributed by atoms with van der Waals surface area (Å²) < 4.78 is 0. The molecule has 5 heteroatoms. The SMILES string of the molecule is CCc1c(O)cc2c(c1O)C(O)=C(C)C(=O)C2=O. The van der Waals surface area contributed by atoms with Gasteiger partial charge < -0.3 is 15.3 Å². The molecule has 0 fully saturated rings. The van der Waals surface area contributed by atoms with Crippen LogP contribution in [0, 0.1) is 0 Å². The molecule has 0 saturated carbocycles. The van der Waals surface area contributed by atoms with E-state index in [-0.39, 0.29) is 33.8 Å². The Morgan fingerprint density at radius 1 is 1.11 bits per heavy atom. The number of carbonyl (C=O) groups excluding carboxylic acids is 2. The Morgan fingerprint density at radius 2 is 1.72 bits per heavy atom. The van der Waals surface area contributed by atoms with Gasteiger partial charge in [-0.25, -0.2) is 0 Å². The number of hydrogen-bond donors (Lipinski definition) is 3. The second kappa shape index (κ2) is 3.87. The number of phenols is 2. The third kappa shape index (κ3) is 1.40. The van der Waals surface area contributed by atoms with E-state index in [0.717, 1.165) is 6.07 Å². The molecule has 0 amide bonds. The van der Waals surface area contributed by atoms with Gasteiger partial charge in [-0.1, -0.05) is 6.92 Å².